The minimum absolute atomic E-state index is 0.449. The first kappa shape index (κ1) is 12.3. The van der Waals surface area contributed by atoms with E-state index in [1.807, 2.05) is 19.1 Å². The first-order chi connectivity index (χ1) is 9.29. The first-order valence-electron chi connectivity index (χ1n) is 6.86. The molecule has 0 unspecified atom stereocenters. The van der Waals surface area contributed by atoms with Crippen molar-refractivity contribution in [2.75, 3.05) is 0 Å². The van der Waals surface area contributed by atoms with Crippen LogP contribution in [-0.4, -0.2) is 19.7 Å². The molecule has 2 aromatic rings. The molecule has 2 aromatic heterocycles. The standard InChI is InChI=1S/C14H19N5/c1-10-17-18-14(19(10)13-4-2-3-5-13)11-6-7-16-12(8-11)9-15/h6-8,13H,2-5,9,15H2,1H3. The van der Waals surface area contributed by atoms with E-state index in [1.165, 1.54) is 25.7 Å². The van der Waals surface area contributed by atoms with Crippen LogP contribution >= 0.6 is 0 Å². The Kier molecular flexibility index (Phi) is 3.29. The average molecular weight is 257 g/mol. The highest BCUT2D eigenvalue weighted by molar-refractivity contribution is 5.55. The Morgan fingerprint density at radius 2 is 2.11 bits per heavy atom. The number of pyridine rings is 1. The number of hydrogen-bond acceptors (Lipinski definition) is 4. The van der Waals surface area contributed by atoms with Crippen LogP contribution in [0.1, 0.15) is 43.2 Å². The van der Waals surface area contributed by atoms with Crippen LogP contribution in [0.4, 0.5) is 0 Å². The summed E-state index contributed by atoms with van der Waals surface area (Å²) in [6.07, 6.45) is 6.83. The second-order valence-corrected chi connectivity index (χ2v) is 5.12. The number of nitrogens with two attached hydrogens (primary N) is 1. The zero-order valence-electron chi connectivity index (χ0n) is 11.2. The SMILES string of the molecule is Cc1nnc(-c2ccnc(CN)c2)n1C1CCCC1. The zero-order chi connectivity index (χ0) is 13.2. The topological polar surface area (TPSA) is 69.6 Å². The lowest BCUT2D eigenvalue weighted by molar-refractivity contribution is 0.510. The molecule has 0 aliphatic heterocycles. The molecule has 5 nitrogen and oxygen atoms in total. The number of hydrogen-bond donors (Lipinski definition) is 1. The van der Waals surface area contributed by atoms with Gasteiger partial charge in [-0.3, -0.25) is 4.98 Å². The Bertz CT molecular complexity index is 569. The first-order valence-corrected chi connectivity index (χ1v) is 6.86. The summed E-state index contributed by atoms with van der Waals surface area (Å²) in [5, 5.41) is 8.60. The Morgan fingerprint density at radius 3 is 2.84 bits per heavy atom. The quantitative estimate of drug-likeness (QED) is 0.915. The highest BCUT2D eigenvalue weighted by Gasteiger charge is 2.23. The van der Waals surface area contributed by atoms with E-state index in [4.69, 9.17) is 5.73 Å². The molecule has 0 aromatic carbocycles. The van der Waals surface area contributed by atoms with Crippen molar-refractivity contribution >= 4 is 0 Å². The monoisotopic (exact) mass is 257 g/mol. The van der Waals surface area contributed by atoms with E-state index in [9.17, 15) is 0 Å². The van der Waals surface area contributed by atoms with Gasteiger partial charge in [-0.2, -0.15) is 0 Å². The Morgan fingerprint density at radius 1 is 1.32 bits per heavy atom. The molecular weight excluding hydrogens is 238 g/mol. The number of aryl methyl sites for hydroxylation is 1. The van der Waals surface area contributed by atoms with Crippen molar-refractivity contribution in [1.82, 2.24) is 19.7 Å². The molecule has 0 bridgehead atoms. The minimum atomic E-state index is 0.449. The molecule has 0 amide bonds. The van der Waals surface area contributed by atoms with Gasteiger partial charge < -0.3 is 10.3 Å². The van der Waals surface area contributed by atoms with Gasteiger partial charge >= 0.3 is 0 Å². The van der Waals surface area contributed by atoms with Crippen molar-refractivity contribution in [3.8, 4) is 11.4 Å². The summed E-state index contributed by atoms with van der Waals surface area (Å²) >= 11 is 0. The van der Waals surface area contributed by atoms with Crippen molar-refractivity contribution in [3.63, 3.8) is 0 Å². The van der Waals surface area contributed by atoms with Gasteiger partial charge in [0.05, 0.1) is 5.69 Å². The van der Waals surface area contributed by atoms with Gasteiger partial charge in [0.1, 0.15) is 5.82 Å². The summed E-state index contributed by atoms with van der Waals surface area (Å²) < 4.78 is 2.28. The Hall–Kier alpha value is -1.75. The smallest absolute Gasteiger partial charge is 0.164 e. The molecule has 1 saturated carbocycles. The lowest BCUT2D eigenvalue weighted by Gasteiger charge is -2.16. The molecule has 0 radical (unpaired) electrons. The molecule has 2 heterocycles. The van der Waals surface area contributed by atoms with Crippen LogP contribution in [0.3, 0.4) is 0 Å². The minimum Gasteiger partial charge on any atom is -0.325 e. The van der Waals surface area contributed by atoms with E-state index < -0.39 is 0 Å². The Balaban J connectivity index is 2.04. The summed E-state index contributed by atoms with van der Waals surface area (Å²) in [7, 11) is 0. The van der Waals surface area contributed by atoms with Crippen LogP contribution in [0, 0.1) is 6.92 Å². The van der Waals surface area contributed by atoms with Crippen LogP contribution in [0.5, 0.6) is 0 Å². The highest BCUT2D eigenvalue weighted by Crippen LogP contribution is 2.33. The molecule has 0 spiro atoms. The summed E-state index contributed by atoms with van der Waals surface area (Å²) in [6.45, 7) is 2.48. The molecule has 2 N–H and O–H groups in total. The maximum atomic E-state index is 5.66. The van der Waals surface area contributed by atoms with Crippen LogP contribution in [0.2, 0.25) is 0 Å². The normalized spacial score (nSPS) is 16.1. The summed E-state index contributed by atoms with van der Waals surface area (Å²) in [5.74, 6) is 1.94. The van der Waals surface area contributed by atoms with E-state index in [1.54, 1.807) is 6.20 Å². The number of rotatable bonds is 3. The second-order valence-electron chi connectivity index (χ2n) is 5.12. The van der Waals surface area contributed by atoms with Gasteiger partial charge in [-0.1, -0.05) is 12.8 Å². The third kappa shape index (κ3) is 2.26. The summed E-state index contributed by atoms with van der Waals surface area (Å²) in [6, 6.07) is 4.53. The molecule has 0 atom stereocenters. The third-order valence-corrected chi connectivity index (χ3v) is 3.84. The van der Waals surface area contributed by atoms with Gasteiger partial charge in [-0.25, -0.2) is 0 Å². The summed E-state index contributed by atoms with van der Waals surface area (Å²) in [4.78, 5) is 4.23. The van der Waals surface area contributed by atoms with Crippen molar-refractivity contribution in [1.29, 1.82) is 0 Å². The molecule has 1 aliphatic rings. The van der Waals surface area contributed by atoms with Crippen molar-refractivity contribution in [2.45, 2.75) is 45.2 Å². The van der Waals surface area contributed by atoms with Gasteiger partial charge in [0.25, 0.3) is 0 Å². The van der Waals surface area contributed by atoms with Gasteiger partial charge in [0.2, 0.25) is 0 Å². The lowest BCUT2D eigenvalue weighted by Crippen LogP contribution is -2.09. The van der Waals surface area contributed by atoms with E-state index in [-0.39, 0.29) is 0 Å². The molecule has 19 heavy (non-hydrogen) atoms. The maximum absolute atomic E-state index is 5.66. The fourth-order valence-corrected chi connectivity index (χ4v) is 2.89. The van der Waals surface area contributed by atoms with Crippen LogP contribution in [-0.2, 0) is 6.54 Å². The Labute approximate surface area is 112 Å². The largest absolute Gasteiger partial charge is 0.325 e. The fraction of sp³-hybridized carbons (Fsp3) is 0.500. The second kappa shape index (κ2) is 5.09. The molecule has 1 aliphatic carbocycles. The van der Waals surface area contributed by atoms with Crippen LogP contribution in [0.15, 0.2) is 18.3 Å². The predicted molar refractivity (Wildman–Crippen MR) is 73.4 cm³/mol. The van der Waals surface area contributed by atoms with Gasteiger partial charge in [-0.15, -0.1) is 10.2 Å². The molecule has 1 fully saturated rings. The lowest BCUT2D eigenvalue weighted by atomic mass is 10.2. The molecule has 3 rings (SSSR count). The maximum Gasteiger partial charge on any atom is 0.164 e. The zero-order valence-corrected chi connectivity index (χ0v) is 11.2. The van der Waals surface area contributed by atoms with Gasteiger partial charge in [-0.05, 0) is 31.9 Å². The van der Waals surface area contributed by atoms with E-state index in [2.05, 4.69) is 19.7 Å². The van der Waals surface area contributed by atoms with Gasteiger partial charge in [0, 0.05) is 24.3 Å². The van der Waals surface area contributed by atoms with Crippen LogP contribution in [0.25, 0.3) is 11.4 Å². The van der Waals surface area contributed by atoms with E-state index >= 15 is 0 Å². The molecule has 100 valence electrons. The number of nitrogens with zero attached hydrogens (tertiary/aromatic N) is 4. The summed E-state index contributed by atoms with van der Waals surface area (Å²) in [5.41, 5.74) is 7.60. The van der Waals surface area contributed by atoms with Crippen LogP contribution < -0.4 is 5.73 Å². The highest BCUT2D eigenvalue weighted by atomic mass is 15.3. The molecule has 5 heteroatoms. The predicted octanol–water partition coefficient (Wildman–Crippen LogP) is 2.22. The van der Waals surface area contributed by atoms with Gasteiger partial charge in [0.15, 0.2) is 5.82 Å². The fourth-order valence-electron chi connectivity index (χ4n) is 2.89. The van der Waals surface area contributed by atoms with Crippen molar-refractivity contribution < 1.29 is 0 Å². The van der Waals surface area contributed by atoms with Crippen molar-refractivity contribution in [2.24, 2.45) is 5.73 Å². The van der Waals surface area contributed by atoms with E-state index in [0.717, 1.165) is 22.9 Å². The average Bonchev–Trinajstić information content (AvgIpc) is 3.07. The van der Waals surface area contributed by atoms with E-state index in [0.29, 0.717) is 12.6 Å². The molecule has 0 saturated heterocycles. The number of aromatic nitrogens is 4. The van der Waals surface area contributed by atoms with Crippen molar-refractivity contribution in [3.05, 3.63) is 29.8 Å². The third-order valence-electron chi connectivity index (χ3n) is 3.84. The molecular formula is C14H19N5.